The molecule has 0 saturated carbocycles. The van der Waals surface area contributed by atoms with Crippen LogP contribution in [0.2, 0.25) is 0 Å². The van der Waals surface area contributed by atoms with E-state index in [-0.39, 0.29) is 0 Å². The number of halogens is 1. The van der Waals surface area contributed by atoms with Crippen LogP contribution in [0.1, 0.15) is 15.9 Å². The van der Waals surface area contributed by atoms with Crippen molar-refractivity contribution in [3.05, 3.63) is 57.2 Å². The summed E-state index contributed by atoms with van der Waals surface area (Å²) in [6.45, 7) is 5.30. The molecule has 204 valence electrons. The van der Waals surface area contributed by atoms with Gasteiger partial charge >= 0.3 is 5.97 Å². The Bertz CT molecular complexity index is 1290. The van der Waals surface area contributed by atoms with Gasteiger partial charge in [0.2, 0.25) is 17.8 Å². The number of nitrogens with zero attached hydrogens (tertiary/aromatic N) is 6. The molecule has 5 rings (SSSR count). The van der Waals surface area contributed by atoms with Gasteiger partial charge in [0.05, 0.1) is 45.3 Å². The number of aromatic nitrogens is 3. The normalized spacial score (nSPS) is 15.8. The monoisotopic (exact) mass is 645 g/mol. The largest absolute Gasteiger partial charge is 0.493 e. The van der Waals surface area contributed by atoms with E-state index >= 15 is 0 Å². The molecular weight excluding hydrogens is 617 g/mol. The van der Waals surface area contributed by atoms with Crippen LogP contribution in [0.15, 0.2) is 47.6 Å². The lowest BCUT2D eigenvalue weighted by Crippen LogP contribution is -2.40. The van der Waals surface area contributed by atoms with Gasteiger partial charge in [-0.15, -0.1) is 0 Å². The summed E-state index contributed by atoms with van der Waals surface area (Å²) in [6.07, 6.45) is 1.61. The molecule has 39 heavy (non-hydrogen) atoms. The summed E-state index contributed by atoms with van der Waals surface area (Å²) in [5.41, 5.74) is 4.12. The van der Waals surface area contributed by atoms with Crippen molar-refractivity contribution in [3.8, 4) is 11.5 Å². The lowest BCUT2D eigenvalue weighted by Gasteiger charge is -2.30. The van der Waals surface area contributed by atoms with Gasteiger partial charge in [-0.2, -0.15) is 20.1 Å². The van der Waals surface area contributed by atoms with Crippen molar-refractivity contribution in [1.82, 2.24) is 15.0 Å². The first-order chi connectivity index (χ1) is 19.1. The Morgan fingerprint density at radius 2 is 1.62 bits per heavy atom. The van der Waals surface area contributed by atoms with Crippen molar-refractivity contribution in [2.24, 2.45) is 5.10 Å². The average Bonchev–Trinajstić information content (AvgIpc) is 2.98. The topological polar surface area (TPSA) is 124 Å². The highest BCUT2D eigenvalue weighted by Gasteiger charge is 2.20. The van der Waals surface area contributed by atoms with Gasteiger partial charge in [-0.1, -0.05) is 6.07 Å². The molecule has 2 aromatic carbocycles. The van der Waals surface area contributed by atoms with Crippen molar-refractivity contribution in [3.63, 3.8) is 0 Å². The summed E-state index contributed by atoms with van der Waals surface area (Å²) in [7, 11) is 1.52. The van der Waals surface area contributed by atoms with Crippen LogP contribution < -0.4 is 24.7 Å². The maximum absolute atomic E-state index is 12.6. The van der Waals surface area contributed by atoms with Crippen molar-refractivity contribution in [2.75, 3.05) is 74.9 Å². The molecule has 3 aromatic rings. The molecule has 0 aliphatic carbocycles. The number of hydrogen-bond donors (Lipinski definition) is 1. The Labute approximate surface area is 239 Å². The van der Waals surface area contributed by atoms with E-state index < -0.39 is 5.97 Å². The van der Waals surface area contributed by atoms with Crippen molar-refractivity contribution >= 4 is 52.6 Å². The minimum Gasteiger partial charge on any atom is -0.493 e. The van der Waals surface area contributed by atoms with E-state index in [1.54, 1.807) is 36.5 Å². The van der Waals surface area contributed by atoms with Crippen LogP contribution in [0.4, 0.5) is 17.8 Å². The number of morpholine rings is 2. The molecule has 2 fully saturated rings. The van der Waals surface area contributed by atoms with Crippen LogP contribution >= 0.6 is 22.6 Å². The van der Waals surface area contributed by atoms with Crippen LogP contribution in [0.3, 0.4) is 0 Å². The second-order valence-electron chi connectivity index (χ2n) is 8.64. The number of anilines is 3. The Balaban J connectivity index is 1.30. The van der Waals surface area contributed by atoms with Gasteiger partial charge in [0.1, 0.15) is 0 Å². The van der Waals surface area contributed by atoms with Crippen LogP contribution in [0.5, 0.6) is 11.5 Å². The van der Waals surface area contributed by atoms with Gasteiger partial charge in [0.15, 0.2) is 11.5 Å². The van der Waals surface area contributed by atoms with Crippen LogP contribution in [0, 0.1) is 3.57 Å². The Morgan fingerprint density at radius 3 is 2.23 bits per heavy atom. The number of esters is 1. The quantitative estimate of drug-likeness (QED) is 0.128. The molecule has 1 N–H and O–H groups in total. The van der Waals surface area contributed by atoms with Gasteiger partial charge in [0.25, 0.3) is 0 Å². The van der Waals surface area contributed by atoms with E-state index in [9.17, 15) is 4.79 Å². The third-order valence-corrected chi connectivity index (χ3v) is 6.70. The molecule has 0 radical (unpaired) electrons. The van der Waals surface area contributed by atoms with Gasteiger partial charge in [0, 0.05) is 29.7 Å². The molecule has 0 amide bonds. The smallest absolute Gasteiger partial charge is 0.343 e. The first-order valence-electron chi connectivity index (χ1n) is 12.5. The Kier molecular flexibility index (Phi) is 9.00. The predicted molar refractivity (Wildman–Crippen MR) is 154 cm³/mol. The zero-order chi connectivity index (χ0) is 27.0. The summed E-state index contributed by atoms with van der Waals surface area (Å²) in [6, 6.07) is 12.4. The van der Waals surface area contributed by atoms with Crippen molar-refractivity contribution in [1.29, 1.82) is 0 Å². The lowest BCUT2D eigenvalue weighted by molar-refractivity contribution is 0.0729. The molecule has 13 heteroatoms. The highest BCUT2D eigenvalue weighted by Crippen LogP contribution is 2.28. The van der Waals surface area contributed by atoms with Crippen molar-refractivity contribution < 1.29 is 23.7 Å². The van der Waals surface area contributed by atoms with Crippen LogP contribution in [-0.2, 0) is 9.47 Å². The Morgan fingerprint density at radius 1 is 0.949 bits per heavy atom. The van der Waals surface area contributed by atoms with E-state index in [4.69, 9.17) is 23.9 Å². The van der Waals surface area contributed by atoms with E-state index in [1.807, 2.05) is 12.1 Å². The average molecular weight is 645 g/mol. The number of carbonyl (C=O) groups excluding carboxylic acids is 1. The highest BCUT2D eigenvalue weighted by molar-refractivity contribution is 14.1. The lowest BCUT2D eigenvalue weighted by atomic mass is 10.2. The zero-order valence-corrected chi connectivity index (χ0v) is 23.5. The first kappa shape index (κ1) is 27.0. The fourth-order valence-electron chi connectivity index (χ4n) is 4.00. The fraction of sp³-hybridized carbons (Fsp3) is 0.346. The molecule has 0 atom stereocenters. The fourth-order valence-corrected chi connectivity index (χ4v) is 4.54. The summed E-state index contributed by atoms with van der Waals surface area (Å²) < 4.78 is 22.9. The molecular formula is C26H28IN7O5. The number of nitrogens with one attached hydrogen (secondary N) is 1. The molecule has 0 bridgehead atoms. The van der Waals surface area contributed by atoms with Crippen LogP contribution in [0.25, 0.3) is 0 Å². The molecule has 2 saturated heterocycles. The summed E-state index contributed by atoms with van der Waals surface area (Å²) in [4.78, 5) is 30.6. The second kappa shape index (κ2) is 13.0. The third kappa shape index (κ3) is 7.10. The number of rotatable bonds is 8. The summed E-state index contributed by atoms with van der Waals surface area (Å²) in [5, 5.41) is 4.33. The highest BCUT2D eigenvalue weighted by atomic mass is 127. The molecule has 2 aliphatic heterocycles. The molecule has 1 aromatic heterocycles. The first-order valence-corrected chi connectivity index (χ1v) is 13.5. The molecule has 0 unspecified atom stereocenters. The van der Waals surface area contributed by atoms with Crippen molar-refractivity contribution in [2.45, 2.75) is 0 Å². The molecule has 12 nitrogen and oxygen atoms in total. The van der Waals surface area contributed by atoms with Crippen LogP contribution in [-0.4, -0.2) is 86.9 Å². The minimum absolute atomic E-state index is 0.314. The van der Waals surface area contributed by atoms with Gasteiger partial charge in [-0.25, -0.2) is 10.2 Å². The molecule has 3 heterocycles. The minimum atomic E-state index is -0.461. The number of benzene rings is 2. The number of hydrogen-bond acceptors (Lipinski definition) is 12. The van der Waals surface area contributed by atoms with E-state index in [1.165, 1.54) is 7.11 Å². The van der Waals surface area contributed by atoms with Gasteiger partial charge in [-0.3, -0.25) is 0 Å². The maximum Gasteiger partial charge on any atom is 0.343 e. The van der Waals surface area contributed by atoms with Gasteiger partial charge in [-0.05, 0) is 64.6 Å². The molecule has 2 aliphatic rings. The number of hydrazone groups is 1. The number of methoxy groups -OCH3 is 1. The second-order valence-corrected chi connectivity index (χ2v) is 9.88. The van der Waals surface area contributed by atoms with Gasteiger partial charge < -0.3 is 28.7 Å². The standard InChI is InChI=1S/C26H28IN7O5/c1-36-22-15-18(5-6-21(22)39-23(35)19-3-2-4-20(27)16-19)17-28-32-24-29-25(33-7-11-37-12-8-33)31-26(30-24)34-9-13-38-14-10-34/h2-6,15-17H,7-14H2,1H3,(H,29,30,31,32)/b28-17-. The van der Waals surface area contributed by atoms with E-state index in [0.717, 1.165) is 9.13 Å². The number of carbonyl (C=O) groups is 1. The maximum atomic E-state index is 12.6. The zero-order valence-electron chi connectivity index (χ0n) is 21.4. The number of ether oxygens (including phenoxy) is 4. The predicted octanol–water partition coefficient (Wildman–Crippen LogP) is 2.82. The van der Waals surface area contributed by atoms with E-state index in [0.29, 0.717) is 87.5 Å². The molecule has 0 spiro atoms. The summed E-state index contributed by atoms with van der Waals surface area (Å²) in [5.74, 6) is 1.74. The van der Waals surface area contributed by atoms with E-state index in [2.05, 4.69) is 52.9 Å². The SMILES string of the molecule is COc1cc(/C=N\Nc2nc(N3CCOCC3)nc(N3CCOCC3)n2)ccc1OC(=O)c1cccc(I)c1. The summed E-state index contributed by atoms with van der Waals surface area (Å²) >= 11 is 2.15. The third-order valence-electron chi connectivity index (χ3n) is 6.03. The Hall–Kier alpha value is -3.56.